The number of carbonyl (C=O) groups excluding carboxylic acids is 1. The van der Waals surface area contributed by atoms with E-state index in [1.165, 1.54) is 18.1 Å². The van der Waals surface area contributed by atoms with E-state index in [2.05, 4.69) is 4.98 Å². The van der Waals surface area contributed by atoms with Crippen LogP contribution >= 0.6 is 0 Å². The maximum Gasteiger partial charge on any atom is 0.329 e. The summed E-state index contributed by atoms with van der Waals surface area (Å²) in [5.74, 6) is -0.0731. The third kappa shape index (κ3) is 4.50. The molecule has 0 spiro atoms. The minimum atomic E-state index is -4.29. The van der Waals surface area contributed by atoms with Gasteiger partial charge >= 0.3 is 6.55 Å². The first kappa shape index (κ1) is 28.9. The van der Waals surface area contributed by atoms with Gasteiger partial charge in [0.1, 0.15) is 29.0 Å². The van der Waals surface area contributed by atoms with Crippen LogP contribution in [0.3, 0.4) is 0 Å². The SMILES string of the molecule is COc1cc(C(=O)N2CC3CC(F)C2C3N)cc2nc(-c3cc4ccc(N(C(F)F)S(C)(=O)=O)nc4n3CC3CC3)c(C)n12. The van der Waals surface area contributed by atoms with Crippen LogP contribution in [-0.4, -0.2) is 82.9 Å². The number of hydrogen-bond donors (Lipinski definition) is 1. The van der Waals surface area contributed by atoms with Crippen LogP contribution in [-0.2, 0) is 16.6 Å². The summed E-state index contributed by atoms with van der Waals surface area (Å²) in [5, 5.41) is 0.632. The molecule has 44 heavy (non-hydrogen) atoms. The minimum Gasteiger partial charge on any atom is -0.482 e. The Labute approximate surface area is 251 Å². The molecule has 2 saturated carbocycles. The van der Waals surface area contributed by atoms with Crippen molar-refractivity contribution in [1.82, 2.24) is 23.8 Å². The van der Waals surface area contributed by atoms with E-state index in [1.807, 2.05) is 17.6 Å². The van der Waals surface area contributed by atoms with Crippen molar-refractivity contribution in [2.45, 2.75) is 57.5 Å². The van der Waals surface area contributed by atoms with Gasteiger partial charge in [0, 0.05) is 36.1 Å². The quantitative estimate of drug-likeness (QED) is 0.295. The number of likely N-dealkylation sites (tertiary alicyclic amines) is 1. The lowest BCUT2D eigenvalue weighted by molar-refractivity contribution is 0.0590. The van der Waals surface area contributed by atoms with Gasteiger partial charge in [-0.1, -0.05) is 0 Å². The van der Waals surface area contributed by atoms with E-state index in [-0.39, 0.29) is 21.9 Å². The van der Waals surface area contributed by atoms with E-state index in [9.17, 15) is 26.4 Å². The number of imidazole rings is 1. The topological polar surface area (TPSA) is 128 Å². The van der Waals surface area contributed by atoms with Gasteiger partial charge in [0.2, 0.25) is 10.0 Å². The molecule has 1 aliphatic heterocycles. The minimum absolute atomic E-state index is 0.00429. The molecule has 4 atom stereocenters. The molecule has 3 aliphatic rings. The highest BCUT2D eigenvalue weighted by molar-refractivity contribution is 7.92. The van der Waals surface area contributed by atoms with Gasteiger partial charge in [-0.05, 0) is 62.3 Å². The number of hydrogen-bond acceptors (Lipinski definition) is 7. The van der Waals surface area contributed by atoms with Gasteiger partial charge in [-0.3, -0.25) is 9.20 Å². The summed E-state index contributed by atoms with van der Waals surface area (Å²) in [6, 6.07) is 6.87. The monoisotopic (exact) mass is 631 g/mol. The third-order valence-electron chi connectivity index (χ3n) is 9.13. The second-order valence-corrected chi connectivity index (χ2v) is 13.9. The number of amides is 1. The first-order chi connectivity index (χ1) is 20.9. The van der Waals surface area contributed by atoms with Crippen LogP contribution < -0.4 is 14.8 Å². The molecule has 11 nitrogen and oxygen atoms in total. The number of sulfonamides is 1. The van der Waals surface area contributed by atoms with Crippen molar-refractivity contribution in [1.29, 1.82) is 0 Å². The number of halogens is 3. The Bertz CT molecular complexity index is 1920. The molecule has 4 aromatic heterocycles. The fourth-order valence-corrected chi connectivity index (χ4v) is 7.58. The van der Waals surface area contributed by atoms with E-state index in [4.69, 9.17) is 15.5 Å². The summed E-state index contributed by atoms with van der Waals surface area (Å²) in [6.07, 6.45) is 1.91. The summed E-state index contributed by atoms with van der Waals surface area (Å²) in [4.78, 5) is 24.4. The van der Waals surface area contributed by atoms with Gasteiger partial charge < -0.3 is 19.9 Å². The Morgan fingerprint density at radius 1 is 1.20 bits per heavy atom. The molecular weight excluding hydrogens is 599 g/mol. The van der Waals surface area contributed by atoms with E-state index < -0.39 is 34.8 Å². The zero-order chi connectivity index (χ0) is 31.2. The van der Waals surface area contributed by atoms with Gasteiger partial charge in [0.05, 0.1) is 30.8 Å². The van der Waals surface area contributed by atoms with Crippen molar-refractivity contribution >= 4 is 38.4 Å². The van der Waals surface area contributed by atoms with Crippen LogP contribution in [0.5, 0.6) is 5.88 Å². The van der Waals surface area contributed by atoms with E-state index in [0.717, 1.165) is 12.8 Å². The van der Waals surface area contributed by atoms with Gasteiger partial charge in [0.25, 0.3) is 5.91 Å². The number of nitrogens with two attached hydrogens (primary N) is 1. The van der Waals surface area contributed by atoms with Crippen LogP contribution in [0, 0.1) is 18.8 Å². The Hall–Kier alpha value is -3.85. The summed E-state index contributed by atoms with van der Waals surface area (Å²) in [6.45, 7) is -0.505. The summed E-state index contributed by atoms with van der Waals surface area (Å²) in [5.41, 5.74) is 9.23. The number of carbonyl (C=O) groups is 1. The lowest BCUT2D eigenvalue weighted by Gasteiger charge is -2.29. The predicted molar refractivity (Wildman–Crippen MR) is 157 cm³/mol. The van der Waals surface area contributed by atoms with Gasteiger partial charge in [-0.25, -0.2) is 22.8 Å². The zero-order valence-corrected chi connectivity index (χ0v) is 25.1. The fourth-order valence-electron chi connectivity index (χ4n) is 6.85. The normalized spacial score (nSPS) is 23.4. The van der Waals surface area contributed by atoms with Gasteiger partial charge in [0.15, 0.2) is 5.88 Å². The first-order valence-electron chi connectivity index (χ1n) is 14.4. The summed E-state index contributed by atoms with van der Waals surface area (Å²) < 4.78 is 75.9. The number of fused-ring (bicyclic) bond motifs is 4. The van der Waals surface area contributed by atoms with Crippen LogP contribution in [0.4, 0.5) is 19.0 Å². The van der Waals surface area contributed by atoms with Crippen LogP contribution in [0.1, 0.15) is 35.3 Å². The summed E-state index contributed by atoms with van der Waals surface area (Å²) in [7, 11) is -2.80. The molecule has 2 aliphatic carbocycles. The molecule has 0 radical (unpaired) electrons. The van der Waals surface area contributed by atoms with Crippen LogP contribution in [0.15, 0.2) is 30.3 Å². The molecule has 7 rings (SSSR count). The average Bonchev–Trinajstić information content (AvgIpc) is 3.41. The molecule has 4 aromatic rings. The van der Waals surface area contributed by atoms with Crippen molar-refractivity contribution in [3.63, 3.8) is 0 Å². The van der Waals surface area contributed by atoms with Crippen LogP contribution in [0.25, 0.3) is 28.1 Å². The van der Waals surface area contributed by atoms with Crippen molar-refractivity contribution in [2.24, 2.45) is 17.6 Å². The van der Waals surface area contributed by atoms with E-state index in [0.29, 0.717) is 76.9 Å². The number of rotatable bonds is 8. The van der Waals surface area contributed by atoms with Crippen LogP contribution in [0.2, 0.25) is 0 Å². The number of piperidine rings is 1. The number of methoxy groups -OCH3 is 1. The smallest absolute Gasteiger partial charge is 0.329 e. The maximum atomic E-state index is 14.6. The number of pyridine rings is 2. The average molecular weight is 632 g/mol. The largest absolute Gasteiger partial charge is 0.482 e. The zero-order valence-electron chi connectivity index (χ0n) is 24.3. The maximum absolute atomic E-state index is 14.6. The number of ether oxygens (including phenoxy) is 1. The second kappa shape index (κ2) is 10.1. The third-order valence-corrected chi connectivity index (χ3v) is 10.2. The Morgan fingerprint density at radius 3 is 2.57 bits per heavy atom. The van der Waals surface area contributed by atoms with Crippen molar-refractivity contribution in [3.05, 3.63) is 41.6 Å². The van der Waals surface area contributed by atoms with Crippen molar-refractivity contribution < 1.29 is 31.1 Å². The molecule has 15 heteroatoms. The number of aryl methyl sites for hydroxylation is 1. The summed E-state index contributed by atoms with van der Waals surface area (Å²) >= 11 is 0. The van der Waals surface area contributed by atoms with Crippen molar-refractivity contribution in [3.8, 4) is 17.3 Å². The fraction of sp³-hybridized carbons (Fsp3) is 0.483. The molecular formula is C29H32F3N7O4S. The Morgan fingerprint density at radius 2 is 1.95 bits per heavy atom. The first-order valence-corrected chi connectivity index (χ1v) is 16.3. The highest BCUT2D eigenvalue weighted by atomic mass is 32.2. The molecule has 234 valence electrons. The van der Waals surface area contributed by atoms with Gasteiger partial charge in [-0.2, -0.15) is 13.1 Å². The number of nitrogens with zero attached hydrogens (tertiary/aromatic N) is 6. The lowest BCUT2D eigenvalue weighted by atomic mass is 10.1. The molecule has 1 amide bonds. The molecule has 5 heterocycles. The van der Waals surface area contributed by atoms with Crippen molar-refractivity contribution in [2.75, 3.05) is 24.2 Å². The number of aromatic nitrogens is 4. The lowest BCUT2D eigenvalue weighted by Crippen LogP contribution is -2.46. The van der Waals surface area contributed by atoms with E-state index >= 15 is 0 Å². The number of anilines is 1. The Kier molecular flexibility index (Phi) is 6.63. The second-order valence-electron chi connectivity index (χ2n) is 12.1. The molecule has 2 bridgehead atoms. The van der Waals surface area contributed by atoms with E-state index in [1.54, 1.807) is 22.6 Å². The predicted octanol–water partition coefficient (Wildman–Crippen LogP) is 3.58. The highest BCUT2D eigenvalue weighted by Crippen LogP contribution is 2.41. The Balaban J connectivity index is 1.34. The molecule has 3 fully saturated rings. The molecule has 4 unspecified atom stereocenters. The number of alkyl halides is 3. The highest BCUT2D eigenvalue weighted by Gasteiger charge is 2.53. The van der Waals surface area contributed by atoms with Gasteiger partial charge in [-0.15, -0.1) is 0 Å². The standard InChI is InChI=1S/C29H32F3N7O4S/c1-14-25(20-9-16-6-7-21(39(29(31)32)44(3,41)42)35-27(16)36(20)12-15-4-5-15)34-22-10-17(11-23(43-2)38(14)22)28(40)37-13-18-8-19(30)26(37)24(18)33/h6-7,9-11,15,18-19,24,26,29H,4-5,8,12-13,33H2,1-3H3. The molecule has 1 saturated heterocycles. The molecule has 2 N–H and O–H groups in total. The molecule has 0 aromatic carbocycles.